The van der Waals surface area contributed by atoms with Crippen LogP contribution >= 0.6 is 23.2 Å². The molecule has 2 rings (SSSR count). The molecule has 0 aliphatic rings. The molecule has 2 aromatic carbocycles. The van der Waals surface area contributed by atoms with E-state index in [0.717, 1.165) is 11.1 Å². The molecule has 2 aromatic rings. The third-order valence-electron chi connectivity index (χ3n) is 3.51. The third kappa shape index (κ3) is 4.61. The highest BCUT2D eigenvalue weighted by Crippen LogP contribution is 2.28. The molecule has 0 aliphatic heterocycles. The first-order chi connectivity index (χ1) is 11.7. The van der Waals surface area contributed by atoms with Crippen molar-refractivity contribution >= 4 is 40.5 Å². The first kappa shape index (κ1) is 19.0. The molecule has 0 radical (unpaired) electrons. The maximum absolute atomic E-state index is 12.3. The van der Waals surface area contributed by atoms with Crippen molar-refractivity contribution in [2.75, 3.05) is 5.32 Å². The van der Waals surface area contributed by atoms with Gasteiger partial charge < -0.3 is 10.1 Å². The van der Waals surface area contributed by atoms with Crippen LogP contribution in [0.5, 0.6) is 5.75 Å². The van der Waals surface area contributed by atoms with Crippen LogP contribution in [0.3, 0.4) is 0 Å². The lowest BCUT2D eigenvalue weighted by Crippen LogP contribution is -2.30. The number of anilines is 1. The van der Waals surface area contributed by atoms with Crippen LogP contribution in [0.4, 0.5) is 11.4 Å². The largest absolute Gasteiger partial charge is 0.481 e. The smallest absolute Gasteiger partial charge is 0.271 e. The monoisotopic (exact) mass is 382 g/mol. The summed E-state index contributed by atoms with van der Waals surface area (Å²) in [5.74, 6) is 0.0276. The number of hydrogen-bond acceptors (Lipinski definition) is 4. The number of benzene rings is 2. The Hall–Kier alpha value is -2.31. The number of non-ortho nitro benzene ring substituents is 1. The molecular formula is C17H16Cl2N2O4. The van der Waals surface area contributed by atoms with Gasteiger partial charge in [0.1, 0.15) is 5.75 Å². The predicted octanol–water partition coefficient (Wildman–Crippen LogP) is 4.92. The number of carbonyl (C=O) groups excluding carboxylic acids is 1. The second-order valence-electron chi connectivity index (χ2n) is 5.54. The Morgan fingerprint density at radius 2 is 1.80 bits per heavy atom. The Bertz CT molecular complexity index is 816. The fourth-order valence-corrected chi connectivity index (χ4v) is 2.46. The van der Waals surface area contributed by atoms with Gasteiger partial charge >= 0.3 is 0 Å². The van der Waals surface area contributed by atoms with E-state index in [-0.39, 0.29) is 16.4 Å². The van der Waals surface area contributed by atoms with Crippen LogP contribution in [0.15, 0.2) is 30.3 Å². The van der Waals surface area contributed by atoms with Gasteiger partial charge in [-0.3, -0.25) is 14.9 Å². The summed E-state index contributed by atoms with van der Waals surface area (Å²) < 4.78 is 5.63. The number of hydrogen-bond donors (Lipinski definition) is 1. The minimum atomic E-state index is -0.838. The van der Waals surface area contributed by atoms with Gasteiger partial charge in [0.2, 0.25) is 0 Å². The molecule has 0 aliphatic carbocycles. The minimum absolute atomic E-state index is 0.153. The van der Waals surface area contributed by atoms with Crippen LogP contribution in [0.25, 0.3) is 0 Å². The lowest BCUT2D eigenvalue weighted by Gasteiger charge is -2.16. The minimum Gasteiger partial charge on any atom is -0.481 e. The number of ether oxygens (including phenoxy) is 1. The average molecular weight is 383 g/mol. The van der Waals surface area contributed by atoms with Crippen LogP contribution < -0.4 is 10.1 Å². The van der Waals surface area contributed by atoms with Crippen molar-refractivity contribution in [3.05, 3.63) is 61.6 Å². The van der Waals surface area contributed by atoms with Crippen molar-refractivity contribution in [1.82, 2.24) is 0 Å². The Morgan fingerprint density at radius 1 is 1.20 bits per heavy atom. The molecule has 1 unspecified atom stereocenters. The van der Waals surface area contributed by atoms with E-state index in [0.29, 0.717) is 10.8 Å². The average Bonchev–Trinajstić information content (AvgIpc) is 2.54. The van der Waals surface area contributed by atoms with Gasteiger partial charge in [0.05, 0.1) is 15.6 Å². The van der Waals surface area contributed by atoms with Gasteiger partial charge in [-0.2, -0.15) is 0 Å². The van der Waals surface area contributed by atoms with E-state index < -0.39 is 16.9 Å². The zero-order valence-electron chi connectivity index (χ0n) is 13.8. The number of amides is 1. The number of nitrogens with zero attached hydrogens (tertiary/aromatic N) is 1. The summed E-state index contributed by atoms with van der Waals surface area (Å²) in [4.78, 5) is 22.6. The first-order valence-electron chi connectivity index (χ1n) is 7.37. The van der Waals surface area contributed by atoms with E-state index in [2.05, 4.69) is 5.32 Å². The summed E-state index contributed by atoms with van der Waals surface area (Å²) in [5.41, 5.74) is 1.66. The van der Waals surface area contributed by atoms with Crippen molar-refractivity contribution < 1.29 is 14.5 Å². The third-order valence-corrected chi connectivity index (χ3v) is 4.44. The summed E-state index contributed by atoms with van der Waals surface area (Å²) >= 11 is 12.1. The molecule has 0 aromatic heterocycles. The van der Waals surface area contributed by atoms with Crippen molar-refractivity contribution in [2.45, 2.75) is 26.9 Å². The first-order valence-corrected chi connectivity index (χ1v) is 8.13. The zero-order chi connectivity index (χ0) is 18.7. The van der Waals surface area contributed by atoms with Crippen molar-refractivity contribution in [2.24, 2.45) is 0 Å². The van der Waals surface area contributed by atoms with Gasteiger partial charge in [0, 0.05) is 17.2 Å². The van der Waals surface area contributed by atoms with Gasteiger partial charge in [0.15, 0.2) is 6.10 Å². The Morgan fingerprint density at radius 3 is 2.36 bits per heavy atom. The number of nitro groups is 1. The molecular weight excluding hydrogens is 367 g/mol. The fourth-order valence-electron chi connectivity index (χ4n) is 2.19. The van der Waals surface area contributed by atoms with Gasteiger partial charge in [-0.05, 0) is 50.1 Å². The van der Waals surface area contributed by atoms with E-state index in [1.165, 1.54) is 18.2 Å². The number of nitrogens with one attached hydrogen (secondary N) is 1. The van der Waals surface area contributed by atoms with Crippen molar-refractivity contribution in [1.29, 1.82) is 0 Å². The van der Waals surface area contributed by atoms with E-state index >= 15 is 0 Å². The normalized spacial score (nSPS) is 11.7. The van der Waals surface area contributed by atoms with E-state index in [4.69, 9.17) is 27.9 Å². The fraction of sp³-hybridized carbons (Fsp3) is 0.235. The summed E-state index contributed by atoms with van der Waals surface area (Å²) in [6, 6.07) is 7.28. The Kier molecular flexibility index (Phi) is 5.87. The Labute approximate surface area is 154 Å². The molecule has 0 fully saturated rings. The summed E-state index contributed by atoms with van der Waals surface area (Å²) in [5, 5.41) is 14.2. The molecule has 0 saturated carbocycles. The molecule has 0 spiro atoms. The summed E-state index contributed by atoms with van der Waals surface area (Å²) in [6.45, 7) is 5.26. The molecule has 8 heteroatoms. The molecule has 25 heavy (non-hydrogen) atoms. The van der Waals surface area contributed by atoms with Gasteiger partial charge in [-0.25, -0.2) is 0 Å². The summed E-state index contributed by atoms with van der Waals surface area (Å²) in [6.07, 6.45) is -0.838. The number of nitro benzene ring substituents is 1. The molecule has 132 valence electrons. The maximum atomic E-state index is 12.3. The maximum Gasteiger partial charge on any atom is 0.271 e. The molecule has 1 amide bonds. The number of aryl methyl sites for hydroxylation is 2. The highest BCUT2D eigenvalue weighted by atomic mass is 35.5. The lowest BCUT2D eigenvalue weighted by atomic mass is 10.1. The molecule has 0 saturated heterocycles. The lowest BCUT2D eigenvalue weighted by molar-refractivity contribution is -0.384. The number of rotatable bonds is 5. The molecule has 1 N–H and O–H groups in total. The van der Waals surface area contributed by atoms with E-state index in [9.17, 15) is 14.9 Å². The van der Waals surface area contributed by atoms with E-state index in [1.54, 1.807) is 19.1 Å². The van der Waals surface area contributed by atoms with Crippen LogP contribution in [-0.4, -0.2) is 16.9 Å². The topological polar surface area (TPSA) is 81.5 Å². The van der Waals surface area contributed by atoms with Crippen LogP contribution in [0.2, 0.25) is 10.0 Å². The SMILES string of the molecule is Cc1cc(OC(C)C(=O)Nc2cc([N+](=O)[O-])ccc2Cl)cc(C)c1Cl. The molecule has 0 bridgehead atoms. The highest BCUT2D eigenvalue weighted by molar-refractivity contribution is 6.33. The second kappa shape index (κ2) is 7.72. The molecule has 0 heterocycles. The van der Waals surface area contributed by atoms with Gasteiger partial charge in [-0.1, -0.05) is 23.2 Å². The van der Waals surface area contributed by atoms with Crippen molar-refractivity contribution in [3.63, 3.8) is 0 Å². The number of halogens is 2. The molecule has 1 atom stereocenters. The van der Waals surface area contributed by atoms with Crippen LogP contribution in [0.1, 0.15) is 18.1 Å². The zero-order valence-corrected chi connectivity index (χ0v) is 15.3. The van der Waals surface area contributed by atoms with Gasteiger partial charge in [-0.15, -0.1) is 0 Å². The predicted molar refractivity (Wildman–Crippen MR) is 97.8 cm³/mol. The standard InChI is InChI=1S/C17H16Cl2N2O4/c1-9-6-13(7-10(2)16(9)19)25-11(3)17(22)20-15-8-12(21(23)24)4-5-14(15)18/h4-8,11H,1-3H3,(H,20,22). The van der Waals surface area contributed by atoms with E-state index in [1.807, 2.05) is 13.8 Å². The highest BCUT2D eigenvalue weighted by Gasteiger charge is 2.18. The van der Waals surface area contributed by atoms with Gasteiger partial charge in [0.25, 0.3) is 11.6 Å². The van der Waals surface area contributed by atoms with Crippen molar-refractivity contribution in [3.8, 4) is 5.75 Å². The number of carbonyl (C=O) groups is 1. The second-order valence-corrected chi connectivity index (χ2v) is 6.33. The summed E-state index contributed by atoms with van der Waals surface area (Å²) in [7, 11) is 0. The van der Waals surface area contributed by atoms with Crippen LogP contribution in [-0.2, 0) is 4.79 Å². The Balaban J connectivity index is 2.13. The molecule has 6 nitrogen and oxygen atoms in total. The van der Waals surface area contributed by atoms with Crippen LogP contribution in [0, 0.1) is 24.0 Å². The quantitative estimate of drug-likeness (QED) is 0.587.